The predicted octanol–water partition coefficient (Wildman–Crippen LogP) is 2.90. The van der Waals surface area contributed by atoms with Gasteiger partial charge in [0, 0.05) is 6.20 Å². The van der Waals surface area contributed by atoms with Crippen molar-refractivity contribution in [2.45, 2.75) is 19.4 Å². The standard InChI is InChI=1S/C16H20N2O/c1-12-7-6-10-18-16(12)14(17-2)11-13-8-4-5-9-15(13)19-3/h4-10,14,17H,11H2,1-3H3. The number of likely N-dealkylation sites (N-methyl/N-ethyl adjacent to an activating group) is 1. The van der Waals surface area contributed by atoms with Crippen molar-refractivity contribution in [1.82, 2.24) is 10.3 Å². The number of nitrogens with zero attached hydrogens (tertiary/aromatic N) is 1. The molecular formula is C16H20N2O. The molecule has 0 aliphatic carbocycles. The van der Waals surface area contributed by atoms with Gasteiger partial charge in [-0.25, -0.2) is 0 Å². The normalized spacial score (nSPS) is 12.2. The molecule has 0 aliphatic heterocycles. The van der Waals surface area contributed by atoms with E-state index in [1.54, 1.807) is 7.11 Å². The smallest absolute Gasteiger partial charge is 0.122 e. The molecule has 3 nitrogen and oxygen atoms in total. The van der Waals surface area contributed by atoms with Crippen LogP contribution in [0.25, 0.3) is 0 Å². The summed E-state index contributed by atoms with van der Waals surface area (Å²) in [6.07, 6.45) is 2.70. The Bertz CT molecular complexity index is 540. The highest BCUT2D eigenvalue weighted by atomic mass is 16.5. The molecule has 0 amide bonds. The minimum Gasteiger partial charge on any atom is -0.496 e. The molecule has 1 aromatic heterocycles. The van der Waals surface area contributed by atoms with Crippen LogP contribution in [-0.2, 0) is 6.42 Å². The van der Waals surface area contributed by atoms with Crippen molar-refractivity contribution in [3.63, 3.8) is 0 Å². The molecular weight excluding hydrogens is 236 g/mol. The molecule has 2 aromatic rings. The van der Waals surface area contributed by atoms with Gasteiger partial charge in [0.05, 0.1) is 18.8 Å². The van der Waals surface area contributed by atoms with Gasteiger partial charge in [-0.15, -0.1) is 0 Å². The summed E-state index contributed by atoms with van der Waals surface area (Å²) in [7, 11) is 3.67. The average molecular weight is 256 g/mol. The van der Waals surface area contributed by atoms with Gasteiger partial charge in [-0.2, -0.15) is 0 Å². The monoisotopic (exact) mass is 256 g/mol. The van der Waals surface area contributed by atoms with E-state index in [9.17, 15) is 0 Å². The minimum atomic E-state index is 0.192. The first-order chi connectivity index (χ1) is 9.26. The molecule has 0 saturated carbocycles. The molecule has 19 heavy (non-hydrogen) atoms. The van der Waals surface area contributed by atoms with Gasteiger partial charge in [-0.05, 0) is 43.7 Å². The Kier molecular flexibility index (Phi) is 4.53. The van der Waals surface area contributed by atoms with Crippen molar-refractivity contribution < 1.29 is 4.74 Å². The second-order valence-electron chi connectivity index (χ2n) is 4.56. The molecule has 1 atom stereocenters. The molecule has 0 fully saturated rings. The first-order valence-corrected chi connectivity index (χ1v) is 6.47. The van der Waals surface area contributed by atoms with Gasteiger partial charge in [0.15, 0.2) is 0 Å². The van der Waals surface area contributed by atoms with Gasteiger partial charge < -0.3 is 10.1 Å². The van der Waals surface area contributed by atoms with E-state index >= 15 is 0 Å². The van der Waals surface area contributed by atoms with Gasteiger partial charge in [-0.3, -0.25) is 4.98 Å². The largest absolute Gasteiger partial charge is 0.496 e. The molecule has 0 aliphatic rings. The van der Waals surface area contributed by atoms with Crippen molar-refractivity contribution in [2.24, 2.45) is 0 Å². The maximum absolute atomic E-state index is 5.41. The van der Waals surface area contributed by atoms with Gasteiger partial charge in [-0.1, -0.05) is 24.3 Å². The lowest BCUT2D eigenvalue weighted by Gasteiger charge is -2.19. The van der Waals surface area contributed by atoms with E-state index in [-0.39, 0.29) is 6.04 Å². The summed E-state index contributed by atoms with van der Waals surface area (Å²) in [6.45, 7) is 2.09. The zero-order chi connectivity index (χ0) is 13.7. The molecule has 0 spiro atoms. The maximum Gasteiger partial charge on any atom is 0.122 e. The second kappa shape index (κ2) is 6.34. The molecule has 0 saturated heterocycles. The number of methoxy groups -OCH3 is 1. The highest BCUT2D eigenvalue weighted by Gasteiger charge is 2.15. The molecule has 1 N–H and O–H groups in total. The van der Waals surface area contributed by atoms with E-state index in [1.165, 1.54) is 11.1 Å². The van der Waals surface area contributed by atoms with Crippen LogP contribution in [0.2, 0.25) is 0 Å². The lowest BCUT2D eigenvalue weighted by atomic mass is 9.99. The predicted molar refractivity (Wildman–Crippen MR) is 77.5 cm³/mol. The van der Waals surface area contributed by atoms with E-state index in [0.29, 0.717) is 0 Å². The Morgan fingerprint density at radius 3 is 2.68 bits per heavy atom. The van der Waals surface area contributed by atoms with Crippen molar-refractivity contribution in [3.05, 3.63) is 59.4 Å². The first-order valence-electron chi connectivity index (χ1n) is 6.47. The Morgan fingerprint density at radius 1 is 1.21 bits per heavy atom. The van der Waals surface area contributed by atoms with Crippen molar-refractivity contribution in [3.8, 4) is 5.75 Å². The summed E-state index contributed by atoms with van der Waals surface area (Å²) < 4.78 is 5.41. The number of benzene rings is 1. The first kappa shape index (κ1) is 13.6. The molecule has 2 rings (SSSR count). The van der Waals surface area contributed by atoms with Crippen LogP contribution in [0.5, 0.6) is 5.75 Å². The zero-order valence-corrected chi connectivity index (χ0v) is 11.7. The van der Waals surface area contributed by atoms with Crippen LogP contribution in [0.4, 0.5) is 0 Å². The lowest BCUT2D eigenvalue weighted by molar-refractivity contribution is 0.406. The highest BCUT2D eigenvalue weighted by Crippen LogP contribution is 2.25. The number of hydrogen-bond donors (Lipinski definition) is 1. The fourth-order valence-corrected chi connectivity index (χ4v) is 2.29. The van der Waals surface area contributed by atoms with Gasteiger partial charge in [0.1, 0.15) is 5.75 Å². The van der Waals surface area contributed by atoms with Crippen LogP contribution in [0.15, 0.2) is 42.6 Å². The summed E-state index contributed by atoms with van der Waals surface area (Å²) in [5.41, 5.74) is 3.49. The number of hydrogen-bond acceptors (Lipinski definition) is 3. The summed E-state index contributed by atoms with van der Waals surface area (Å²) in [4.78, 5) is 4.50. The Hall–Kier alpha value is -1.87. The molecule has 0 bridgehead atoms. The molecule has 3 heteroatoms. The van der Waals surface area contributed by atoms with E-state index in [4.69, 9.17) is 4.74 Å². The highest BCUT2D eigenvalue weighted by molar-refractivity contribution is 5.35. The third-order valence-electron chi connectivity index (χ3n) is 3.35. The Labute approximate surface area is 114 Å². The van der Waals surface area contributed by atoms with Crippen LogP contribution in [-0.4, -0.2) is 19.1 Å². The minimum absolute atomic E-state index is 0.192. The van der Waals surface area contributed by atoms with E-state index in [1.807, 2.05) is 37.5 Å². The quantitative estimate of drug-likeness (QED) is 0.893. The number of para-hydroxylation sites is 1. The average Bonchev–Trinajstić information content (AvgIpc) is 2.46. The van der Waals surface area contributed by atoms with Gasteiger partial charge in [0.2, 0.25) is 0 Å². The molecule has 1 aromatic carbocycles. The Balaban J connectivity index is 2.27. The SMILES string of the molecule is CNC(Cc1ccccc1OC)c1ncccc1C. The van der Waals surface area contributed by atoms with Gasteiger partial charge in [0.25, 0.3) is 0 Å². The van der Waals surface area contributed by atoms with E-state index < -0.39 is 0 Å². The summed E-state index contributed by atoms with van der Waals surface area (Å²) in [5, 5.41) is 3.34. The van der Waals surface area contributed by atoms with Crippen LogP contribution >= 0.6 is 0 Å². The van der Waals surface area contributed by atoms with Crippen LogP contribution < -0.4 is 10.1 Å². The summed E-state index contributed by atoms with van der Waals surface area (Å²) >= 11 is 0. The maximum atomic E-state index is 5.41. The summed E-state index contributed by atoms with van der Waals surface area (Å²) in [5.74, 6) is 0.927. The number of pyridine rings is 1. The number of nitrogens with one attached hydrogen (secondary N) is 1. The number of aryl methyl sites for hydroxylation is 1. The lowest BCUT2D eigenvalue weighted by Crippen LogP contribution is -2.21. The molecule has 1 unspecified atom stereocenters. The summed E-state index contributed by atoms with van der Waals surface area (Å²) in [6, 6.07) is 12.4. The molecule has 1 heterocycles. The third-order valence-corrected chi connectivity index (χ3v) is 3.35. The van der Waals surface area contributed by atoms with Crippen LogP contribution in [0, 0.1) is 6.92 Å². The third kappa shape index (κ3) is 3.12. The number of aromatic nitrogens is 1. The fraction of sp³-hybridized carbons (Fsp3) is 0.312. The van der Waals surface area contributed by atoms with Crippen molar-refractivity contribution in [1.29, 1.82) is 0 Å². The number of ether oxygens (including phenoxy) is 1. The topological polar surface area (TPSA) is 34.1 Å². The van der Waals surface area contributed by atoms with E-state index in [0.717, 1.165) is 17.9 Å². The zero-order valence-electron chi connectivity index (χ0n) is 11.7. The van der Waals surface area contributed by atoms with Crippen molar-refractivity contribution in [2.75, 3.05) is 14.2 Å². The second-order valence-corrected chi connectivity index (χ2v) is 4.56. The fourth-order valence-electron chi connectivity index (χ4n) is 2.29. The van der Waals surface area contributed by atoms with E-state index in [2.05, 4.69) is 29.4 Å². The van der Waals surface area contributed by atoms with Crippen LogP contribution in [0.3, 0.4) is 0 Å². The number of rotatable bonds is 5. The van der Waals surface area contributed by atoms with Crippen molar-refractivity contribution >= 4 is 0 Å². The Morgan fingerprint density at radius 2 is 2.00 bits per heavy atom. The molecule has 0 radical (unpaired) electrons. The van der Waals surface area contributed by atoms with Gasteiger partial charge >= 0.3 is 0 Å². The van der Waals surface area contributed by atoms with Crippen LogP contribution in [0.1, 0.15) is 22.9 Å². The molecule has 100 valence electrons.